The Hall–Kier alpha value is -3.38. The van der Waals surface area contributed by atoms with Crippen molar-refractivity contribution in [2.45, 2.75) is 69.5 Å². The van der Waals surface area contributed by atoms with E-state index in [0.717, 1.165) is 22.5 Å². The van der Waals surface area contributed by atoms with Crippen LogP contribution in [0.2, 0.25) is 18.6 Å². The molecule has 0 radical (unpaired) electrons. The van der Waals surface area contributed by atoms with Gasteiger partial charge >= 0.3 is 0 Å². The highest BCUT2D eigenvalue weighted by atomic mass is 28.4. The normalized spacial score (nSPS) is 25.8. The zero-order valence-electron chi connectivity index (χ0n) is 23.9. The number of amides is 2. The Bertz CT molecular complexity index is 1500. The van der Waals surface area contributed by atoms with E-state index in [1.165, 1.54) is 0 Å². The first-order chi connectivity index (χ1) is 19.6. The minimum Gasteiger partial charge on any atom is -0.432 e. The van der Waals surface area contributed by atoms with E-state index in [-0.39, 0.29) is 36.0 Å². The van der Waals surface area contributed by atoms with Crippen molar-refractivity contribution >= 4 is 37.2 Å². The number of likely N-dealkylation sites (N-methyl/N-ethyl adjacent to an activating group) is 1. The van der Waals surface area contributed by atoms with E-state index >= 15 is 0 Å². The van der Waals surface area contributed by atoms with Crippen LogP contribution in [0.1, 0.15) is 36.6 Å². The summed E-state index contributed by atoms with van der Waals surface area (Å²) < 4.78 is 8.59. The molecule has 3 aliphatic heterocycles. The molecule has 0 aliphatic carbocycles. The molecule has 0 bridgehead atoms. The van der Waals surface area contributed by atoms with E-state index in [1.807, 2.05) is 68.7 Å². The number of aryl methyl sites for hydroxylation is 2. The maximum atomic E-state index is 14.1. The lowest BCUT2D eigenvalue weighted by molar-refractivity contribution is -0.145. The van der Waals surface area contributed by atoms with Gasteiger partial charge in [0.05, 0.1) is 23.2 Å². The number of rotatable bonds is 7. The third kappa shape index (κ3) is 4.42. The van der Waals surface area contributed by atoms with Gasteiger partial charge in [-0.05, 0) is 55.8 Å². The summed E-state index contributed by atoms with van der Waals surface area (Å²) >= 11 is 0. The summed E-state index contributed by atoms with van der Waals surface area (Å²) in [7, 11) is -1.05. The third-order valence-electron chi connectivity index (χ3n) is 9.04. The Morgan fingerprint density at radius 2 is 1.90 bits per heavy atom. The third-order valence-corrected chi connectivity index (χ3v) is 11.5. The van der Waals surface area contributed by atoms with Gasteiger partial charge in [-0.3, -0.25) is 19.2 Å². The molecule has 4 atom stereocenters. The number of ether oxygens (including phenoxy) is 1. The van der Waals surface area contributed by atoms with Crippen LogP contribution >= 0.6 is 0 Å². The molecule has 1 spiro atoms. The van der Waals surface area contributed by atoms with E-state index in [1.54, 1.807) is 21.5 Å². The lowest BCUT2D eigenvalue weighted by Gasteiger charge is -2.33. The van der Waals surface area contributed by atoms with Crippen molar-refractivity contribution in [3.63, 3.8) is 0 Å². The highest BCUT2D eigenvalue weighted by molar-refractivity contribution is 6.71. The molecule has 2 aromatic carbocycles. The Balaban J connectivity index is 1.39. The van der Waals surface area contributed by atoms with Crippen LogP contribution in [0.4, 0.5) is 17.1 Å². The smallest absolute Gasteiger partial charge is 0.264 e. The Morgan fingerprint density at radius 1 is 1.12 bits per heavy atom. The molecule has 3 aromatic rings. The molecular formula is C30H37N5O5Si. The second-order valence-electron chi connectivity index (χ2n) is 12.0. The molecule has 3 aliphatic rings. The first kappa shape index (κ1) is 27.8. The zero-order valence-corrected chi connectivity index (χ0v) is 24.9. The number of hydrogen-bond acceptors (Lipinski definition) is 7. The number of fused-ring (bicyclic) bond motifs is 3. The average Bonchev–Trinajstić information content (AvgIpc) is 3.58. The number of nitrogens with zero attached hydrogens (tertiary/aromatic N) is 5. The Labute approximate surface area is 240 Å². The van der Waals surface area contributed by atoms with Crippen LogP contribution in [-0.2, 0) is 39.3 Å². The van der Waals surface area contributed by atoms with Gasteiger partial charge in [0.1, 0.15) is 0 Å². The molecule has 2 amide bonds. The standard InChI is InChI=1S/C30H37N5O5Si/c1-19-28(41(3,4)39)26(13-15-34-18-21(14-16-36)31-32-34)40-30(19)23-17-22(10-11-25(23)33(2)29(30)38)35-24-8-6-5-7-20(24)9-12-27(35)37/h5-8,10-11,17-19,26,28,36,39H,9,12-16H2,1-4H3/t19-,26+,28-,30+/m0/s1. The van der Waals surface area contributed by atoms with Crippen molar-refractivity contribution in [3.8, 4) is 0 Å². The summed E-state index contributed by atoms with van der Waals surface area (Å²) in [5.41, 5.74) is 3.40. The fraction of sp³-hybridized carbons (Fsp3) is 0.467. The maximum Gasteiger partial charge on any atom is 0.264 e. The van der Waals surface area contributed by atoms with Crippen molar-refractivity contribution in [2.24, 2.45) is 5.92 Å². The minimum atomic E-state index is -2.81. The number of benzene rings is 2. The lowest BCUT2D eigenvalue weighted by atomic mass is 9.82. The van der Waals surface area contributed by atoms with E-state index in [9.17, 15) is 19.5 Å². The quantitative estimate of drug-likeness (QED) is 0.415. The van der Waals surface area contributed by atoms with Gasteiger partial charge in [-0.2, -0.15) is 0 Å². The summed E-state index contributed by atoms with van der Waals surface area (Å²) in [4.78, 5) is 42.2. The molecule has 2 N–H and O–H groups in total. The molecule has 10 nitrogen and oxygen atoms in total. The van der Waals surface area contributed by atoms with E-state index < -0.39 is 13.9 Å². The van der Waals surface area contributed by atoms with Crippen LogP contribution in [-0.4, -0.2) is 64.8 Å². The van der Waals surface area contributed by atoms with Crippen LogP contribution in [0.3, 0.4) is 0 Å². The first-order valence-corrected chi connectivity index (χ1v) is 17.3. The number of aliphatic hydroxyl groups is 1. The number of aromatic nitrogens is 3. The molecule has 4 heterocycles. The number of para-hydroxylation sites is 1. The van der Waals surface area contributed by atoms with E-state index in [4.69, 9.17) is 4.74 Å². The first-order valence-electron chi connectivity index (χ1n) is 14.3. The van der Waals surface area contributed by atoms with Crippen molar-refractivity contribution in [1.29, 1.82) is 0 Å². The summed E-state index contributed by atoms with van der Waals surface area (Å²) in [6.45, 7) is 6.33. The fourth-order valence-electron chi connectivity index (χ4n) is 7.23. The number of carbonyl (C=O) groups excluding carboxylic acids is 2. The van der Waals surface area contributed by atoms with Crippen LogP contribution in [0.15, 0.2) is 48.7 Å². The molecule has 41 heavy (non-hydrogen) atoms. The van der Waals surface area contributed by atoms with Gasteiger partial charge in [0, 0.05) is 61.9 Å². The van der Waals surface area contributed by atoms with Crippen molar-refractivity contribution in [3.05, 3.63) is 65.5 Å². The molecule has 0 unspecified atom stereocenters. The SMILES string of the molecule is C[C@H]1[C@H]([Si](C)(C)O)[C@@H](CCn2cc(CCO)nn2)O[C@]12C(=O)N(C)c1ccc(N3C(=O)CCc4ccccc43)cc12. The van der Waals surface area contributed by atoms with Gasteiger partial charge in [-0.15, -0.1) is 5.10 Å². The van der Waals surface area contributed by atoms with Gasteiger partial charge in [0.25, 0.3) is 5.91 Å². The van der Waals surface area contributed by atoms with Gasteiger partial charge < -0.3 is 19.5 Å². The molecule has 1 saturated heterocycles. The van der Waals surface area contributed by atoms with E-state index in [0.29, 0.717) is 43.6 Å². The van der Waals surface area contributed by atoms with Crippen LogP contribution in [0.25, 0.3) is 0 Å². The highest BCUT2D eigenvalue weighted by Gasteiger charge is 2.65. The second-order valence-corrected chi connectivity index (χ2v) is 16.0. The summed E-state index contributed by atoms with van der Waals surface area (Å²) in [6.07, 6.45) is 3.52. The monoisotopic (exact) mass is 575 g/mol. The molecule has 6 rings (SSSR count). The van der Waals surface area contributed by atoms with Gasteiger partial charge in [0.2, 0.25) is 5.91 Å². The predicted molar refractivity (Wildman–Crippen MR) is 156 cm³/mol. The molecule has 216 valence electrons. The summed E-state index contributed by atoms with van der Waals surface area (Å²) in [6, 6.07) is 13.7. The Morgan fingerprint density at radius 3 is 2.66 bits per heavy atom. The highest BCUT2D eigenvalue weighted by Crippen LogP contribution is 2.60. The van der Waals surface area contributed by atoms with Crippen LogP contribution in [0.5, 0.6) is 0 Å². The predicted octanol–water partition coefficient (Wildman–Crippen LogP) is 3.29. The van der Waals surface area contributed by atoms with E-state index in [2.05, 4.69) is 10.3 Å². The summed E-state index contributed by atoms with van der Waals surface area (Å²) in [5, 5.41) is 17.5. The van der Waals surface area contributed by atoms with Crippen molar-refractivity contribution in [1.82, 2.24) is 15.0 Å². The molecular weight excluding hydrogens is 538 g/mol. The van der Waals surface area contributed by atoms with Crippen LogP contribution in [0, 0.1) is 5.92 Å². The van der Waals surface area contributed by atoms with Crippen molar-refractivity contribution in [2.75, 3.05) is 23.5 Å². The number of hydrogen-bond donors (Lipinski definition) is 2. The van der Waals surface area contributed by atoms with Gasteiger partial charge in [-0.1, -0.05) is 30.3 Å². The fourth-order valence-corrected chi connectivity index (χ4v) is 9.83. The number of anilines is 3. The number of carbonyl (C=O) groups is 2. The molecule has 11 heteroatoms. The van der Waals surface area contributed by atoms with Crippen LogP contribution < -0.4 is 9.80 Å². The number of aliphatic hydroxyl groups excluding tert-OH is 1. The lowest BCUT2D eigenvalue weighted by Crippen LogP contribution is -2.45. The minimum absolute atomic E-state index is 0.00246. The largest absolute Gasteiger partial charge is 0.432 e. The zero-order chi connectivity index (χ0) is 29.1. The summed E-state index contributed by atoms with van der Waals surface area (Å²) in [5.74, 6) is -0.432. The van der Waals surface area contributed by atoms with Gasteiger partial charge in [0.15, 0.2) is 13.9 Å². The van der Waals surface area contributed by atoms with Crippen molar-refractivity contribution < 1.29 is 24.2 Å². The Kier molecular flexibility index (Phi) is 6.88. The molecule has 1 fully saturated rings. The maximum absolute atomic E-state index is 14.1. The average molecular weight is 576 g/mol. The second kappa shape index (κ2) is 10.2. The van der Waals surface area contributed by atoms with Gasteiger partial charge in [-0.25, -0.2) is 0 Å². The molecule has 1 aromatic heterocycles. The molecule has 0 saturated carbocycles. The topological polar surface area (TPSA) is 121 Å².